The zero-order chi connectivity index (χ0) is 21.0. The fourth-order valence-corrected chi connectivity index (χ4v) is 4.72. The lowest BCUT2D eigenvalue weighted by atomic mass is 9.95. The van der Waals surface area contributed by atoms with E-state index in [4.69, 9.17) is 4.74 Å². The van der Waals surface area contributed by atoms with Crippen molar-refractivity contribution in [1.29, 1.82) is 0 Å². The van der Waals surface area contributed by atoms with Crippen LogP contribution in [0.15, 0.2) is 41.3 Å². The van der Waals surface area contributed by atoms with Gasteiger partial charge in [0, 0.05) is 11.6 Å². The van der Waals surface area contributed by atoms with Crippen molar-refractivity contribution in [1.82, 2.24) is 5.32 Å². The monoisotopic (exact) mass is 416 g/mol. The van der Waals surface area contributed by atoms with Crippen molar-refractivity contribution < 1.29 is 17.9 Å². The van der Waals surface area contributed by atoms with Gasteiger partial charge in [-0.1, -0.05) is 31.4 Å². The summed E-state index contributed by atoms with van der Waals surface area (Å²) in [7, 11) is -2.39. The highest BCUT2D eigenvalue weighted by Crippen LogP contribution is 2.28. The molecule has 0 aromatic heterocycles. The Balaban J connectivity index is 1.86. The minimum atomic E-state index is -3.88. The Kier molecular flexibility index (Phi) is 6.47. The number of hydrogen-bond donors (Lipinski definition) is 2. The lowest BCUT2D eigenvalue weighted by Gasteiger charge is -2.23. The second kappa shape index (κ2) is 8.86. The van der Waals surface area contributed by atoms with E-state index in [0.717, 1.165) is 36.8 Å². The number of carbonyl (C=O) groups is 1. The first-order valence-corrected chi connectivity index (χ1v) is 11.4. The van der Waals surface area contributed by atoms with Gasteiger partial charge in [0.05, 0.1) is 17.7 Å². The van der Waals surface area contributed by atoms with Crippen molar-refractivity contribution >= 4 is 21.6 Å². The van der Waals surface area contributed by atoms with Crippen LogP contribution in [0.1, 0.15) is 53.6 Å². The second-order valence-corrected chi connectivity index (χ2v) is 9.28. The van der Waals surface area contributed by atoms with Crippen LogP contribution < -0.4 is 14.8 Å². The Bertz CT molecular complexity index is 996. The van der Waals surface area contributed by atoms with Crippen LogP contribution in [0.2, 0.25) is 0 Å². The van der Waals surface area contributed by atoms with E-state index in [1.165, 1.54) is 25.7 Å². The van der Waals surface area contributed by atoms with E-state index in [0.29, 0.717) is 17.0 Å². The molecule has 2 N–H and O–H groups in total. The Morgan fingerprint density at radius 2 is 1.76 bits per heavy atom. The van der Waals surface area contributed by atoms with Crippen molar-refractivity contribution in [2.75, 3.05) is 11.8 Å². The predicted molar refractivity (Wildman–Crippen MR) is 114 cm³/mol. The highest BCUT2D eigenvalue weighted by atomic mass is 32.2. The van der Waals surface area contributed by atoms with E-state index in [1.54, 1.807) is 18.2 Å². The molecular formula is C22H28N2O4S. The van der Waals surface area contributed by atoms with Crippen LogP contribution in [0.25, 0.3) is 0 Å². The Labute approximate surface area is 172 Å². The number of hydrogen-bond acceptors (Lipinski definition) is 4. The highest BCUT2D eigenvalue weighted by Gasteiger charge is 2.22. The molecular weight excluding hydrogens is 388 g/mol. The van der Waals surface area contributed by atoms with E-state index >= 15 is 0 Å². The molecule has 0 unspecified atom stereocenters. The SMILES string of the molecule is COc1ccc(C)cc1NS(=O)(=O)c1ccc(C)c(C(=O)NC2CCCCC2)c1. The van der Waals surface area contributed by atoms with Crippen LogP contribution >= 0.6 is 0 Å². The van der Waals surface area contributed by atoms with Gasteiger partial charge in [0.15, 0.2) is 0 Å². The zero-order valence-electron chi connectivity index (χ0n) is 17.1. The van der Waals surface area contributed by atoms with Crippen molar-refractivity contribution in [2.24, 2.45) is 0 Å². The number of ether oxygens (including phenoxy) is 1. The number of rotatable bonds is 6. The number of methoxy groups -OCH3 is 1. The van der Waals surface area contributed by atoms with E-state index < -0.39 is 10.0 Å². The smallest absolute Gasteiger partial charge is 0.262 e. The summed E-state index contributed by atoms with van der Waals surface area (Å²) in [5.41, 5.74) is 2.39. The van der Waals surface area contributed by atoms with Gasteiger partial charge >= 0.3 is 0 Å². The molecule has 1 aliphatic carbocycles. The normalized spacial score (nSPS) is 15.0. The second-order valence-electron chi connectivity index (χ2n) is 7.59. The molecule has 0 atom stereocenters. The van der Waals surface area contributed by atoms with Crippen molar-refractivity contribution in [3.63, 3.8) is 0 Å². The van der Waals surface area contributed by atoms with Gasteiger partial charge in [0.2, 0.25) is 0 Å². The summed E-state index contributed by atoms with van der Waals surface area (Å²) in [4.78, 5) is 12.8. The zero-order valence-corrected chi connectivity index (χ0v) is 17.9. The lowest BCUT2D eigenvalue weighted by Crippen LogP contribution is -2.36. The van der Waals surface area contributed by atoms with E-state index in [1.807, 2.05) is 19.9 Å². The van der Waals surface area contributed by atoms with Crippen molar-refractivity contribution in [3.8, 4) is 5.75 Å². The summed E-state index contributed by atoms with van der Waals surface area (Å²) >= 11 is 0. The van der Waals surface area contributed by atoms with Gasteiger partial charge in [0.25, 0.3) is 15.9 Å². The molecule has 1 aliphatic rings. The summed E-state index contributed by atoms with van der Waals surface area (Å²) in [6, 6.07) is 10.0. The number of nitrogens with one attached hydrogen (secondary N) is 2. The quantitative estimate of drug-likeness (QED) is 0.740. The van der Waals surface area contributed by atoms with Crippen LogP contribution in [-0.4, -0.2) is 27.5 Å². The maximum Gasteiger partial charge on any atom is 0.262 e. The highest BCUT2D eigenvalue weighted by molar-refractivity contribution is 7.92. The van der Waals surface area contributed by atoms with Gasteiger partial charge < -0.3 is 10.1 Å². The first-order chi connectivity index (χ1) is 13.8. The minimum Gasteiger partial charge on any atom is -0.495 e. The van der Waals surface area contributed by atoms with Gasteiger partial charge in [-0.25, -0.2) is 8.42 Å². The molecule has 2 aromatic rings. The number of benzene rings is 2. The van der Waals surface area contributed by atoms with Crippen LogP contribution in [0.4, 0.5) is 5.69 Å². The molecule has 0 bridgehead atoms. The molecule has 0 heterocycles. The predicted octanol–water partition coefficient (Wildman–Crippen LogP) is 4.18. The minimum absolute atomic E-state index is 0.0421. The molecule has 3 rings (SSSR count). The number of carbonyl (C=O) groups excluding carboxylic acids is 1. The first kappa shape index (κ1) is 21.2. The molecule has 0 saturated heterocycles. The topological polar surface area (TPSA) is 84.5 Å². The number of aryl methyl sites for hydroxylation is 2. The molecule has 6 nitrogen and oxygen atoms in total. The summed E-state index contributed by atoms with van der Waals surface area (Å²) in [5.74, 6) is 0.209. The van der Waals surface area contributed by atoms with Crippen LogP contribution in [-0.2, 0) is 10.0 Å². The van der Waals surface area contributed by atoms with Gasteiger partial charge in [-0.2, -0.15) is 0 Å². The Morgan fingerprint density at radius 1 is 1.03 bits per heavy atom. The molecule has 7 heteroatoms. The van der Waals surface area contributed by atoms with E-state index in [9.17, 15) is 13.2 Å². The third kappa shape index (κ3) is 5.09. The van der Waals surface area contributed by atoms with Crippen molar-refractivity contribution in [3.05, 3.63) is 53.1 Å². The average Bonchev–Trinajstić information content (AvgIpc) is 2.68. The molecule has 0 aliphatic heterocycles. The van der Waals surface area contributed by atoms with E-state index in [-0.39, 0.29) is 16.8 Å². The summed E-state index contributed by atoms with van der Waals surface area (Å²) < 4.78 is 33.8. The largest absolute Gasteiger partial charge is 0.495 e. The molecule has 1 fully saturated rings. The number of anilines is 1. The third-order valence-electron chi connectivity index (χ3n) is 5.30. The fraction of sp³-hybridized carbons (Fsp3) is 0.409. The fourth-order valence-electron chi connectivity index (χ4n) is 3.63. The van der Waals surface area contributed by atoms with Crippen LogP contribution in [0, 0.1) is 13.8 Å². The maximum atomic E-state index is 13.0. The molecule has 1 saturated carbocycles. The third-order valence-corrected chi connectivity index (χ3v) is 6.67. The average molecular weight is 417 g/mol. The lowest BCUT2D eigenvalue weighted by molar-refractivity contribution is 0.0927. The van der Waals surface area contributed by atoms with Gasteiger partial charge in [0.1, 0.15) is 5.75 Å². The Hall–Kier alpha value is -2.54. The van der Waals surface area contributed by atoms with E-state index in [2.05, 4.69) is 10.0 Å². The van der Waals surface area contributed by atoms with Gasteiger partial charge in [-0.3, -0.25) is 9.52 Å². The molecule has 1 amide bonds. The van der Waals surface area contributed by atoms with Gasteiger partial charge in [-0.15, -0.1) is 0 Å². The van der Waals surface area contributed by atoms with Crippen molar-refractivity contribution in [2.45, 2.75) is 56.9 Å². The summed E-state index contributed by atoms with van der Waals surface area (Å²) in [5, 5.41) is 3.06. The first-order valence-electron chi connectivity index (χ1n) is 9.89. The van der Waals surface area contributed by atoms with Gasteiger partial charge in [-0.05, 0) is 62.1 Å². The number of sulfonamides is 1. The Morgan fingerprint density at radius 3 is 2.45 bits per heavy atom. The standard InChI is InChI=1S/C22H28N2O4S/c1-15-9-12-21(28-3)20(13-15)24-29(26,27)18-11-10-16(2)19(14-18)22(25)23-17-7-5-4-6-8-17/h9-14,17,24H,4-8H2,1-3H3,(H,23,25). The molecule has 0 radical (unpaired) electrons. The van der Waals surface area contributed by atoms with Crippen LogP contribution in [0.5, 0.6) is 5.75 Å². The molecule has 2 aromatic carbocycles. The maximum absolute atomic E-state index is 13.0. The van der Waals surface area contributed by atoms with Crippen LogP contribution in [0.3, 0.4) is 0 Å². The molecule has 29 heavy (non-hydrogen) atoms. The number of amides is 1. The molecule has 156 valence electrons. The summed E-state index contributed by atoms with van der Waals surface area (Å²) in [6.45, 7) is 3.68. The summed E-state index contributed by atoms with van der Waals surface area (Å²) in [6.07, 6.45) is 5.36. The molecule has 0 spiro atoms.